The van der Waals surface area contributed by atoms with E-state index < -0.39 is 5.97 Å². The highest BCUT2D eigenvalue weighted by Gasteiger charge is 2.23. The summed E-state index contributed by atoms with van der Waals surface area (Å²) in [5.74, 6) is -0.924. The largest absolute Gasteiger partial charge is 0.478 e. The molecule has 1 atom stereocenters. The third-order valence-corrected chi connectivity index (χ3v) is 2.97. The monoisotopic (exact) mass is 224 g/mol. The van der Waals surface area contributed by atoms with Gasteiger partial charge in [0, 0.05) is 32.7 Å². The number of hydrogen-bond acceptors (Lipinski definition) is 4. The Kier molecular flexibility index (Phi) is 2.93. The van der Waals surface area contributed by atoms with Crippen LogP contribution in [0.3, 0.4) is 0 Å². The van der Waals surface area contributed by atoms with E-state index in [1.807, 2.05) is 0 Å². The van der Waals surface area contributed by atoms with E-state index in [9.17, 15) is 4.79 Å². The van der Waals surface area contributed by atoms with Gasteiger partial charge in [-0.25, -0.2) is 4.79 Å². The molecule has 0 unspecified atom stereocenters. The predicted molar refractivity (Wildman–Crippen MR) is 58.0 cm³/mol. The van der Waals surface area contributed by atoms with Crippen molar-refractivity contribution in [3.05, 3.63) is 17.5 Å². The molecule has 3 N–H and O–H groups in total. The van der Waals surface area contributed by atoms with Crippen molar-refractivity contribution >= 4 is 5.97 Å². The molecule has 0 radical (unpaired) electrons. The molecule has 1 aliphatic rings. The van der Waals surface area contributed by atoms with Crippen molar-refractivity contribution in [2.45, 2.75) is 19.0 Å². The van der Waals surface area contributed by atoms with E-state index in [1.54, 1.807) is 11.7 Å². The van der Waals surface area contributed by atoms with Crippen molar-refractivity contribution in [3.8, 4) is 0 Å². The third-order valence-electron chi connectivity index (χ3n) is 2.97. The van der Waals surface area contributed by atoms with Gasteiger partial charge in [0.2, 0.25) is 0 Å². The summed E-state index contributed by atoms with van der Waals surface area (Å²) in [4.78, 5) is 13.1. The standard InChI is InChI=1S/C10H16N4O2/c1-13-9(8(4-12-13)10(15)16)6-14-3-2-7(11)5-14/h4,7H,2-3,5-6,11H2,1H3,(H,15,16)/t7-/m0/s1. The number of hydrogen-bond donors (Lipinski definition) is 2. The van der Waals surface area contributed by atoms with E-state index in [-0.39, 0.29) is 11.6 Å². The summed E-state index contributed by atoms with van der Waals surface area (Å²) in [6.45, 7) is 2.35. The van der Waals surface area contributed by atoms with Crippen LogP contribution < -0.4 is 5.73 Å². The summed E-state index contributed by atoms with van der Waals surface area (Å²) in [7, 11) is 1.76. The summed E-state index contributed by atoms with van der Waals surface area (Å²) in [6.07, 6.45) is 2.37. The van der Waals surface area contributed by atoms with Gasteiger partial charge in [0.15, 0.2) is 0 Å². The number of carbonyl (C=O) groups is 1. The highest BCUT2D eigenvalue weighted by molar-refractivity contribution is 5.88. The summed E-state index contributed by atoms with van der Waals surface area (Å²) in [6, 6.07) is 0.210. The lowest BCUT2D eigenvalue weighted by Crippen LogP contribution is -2.27. The molecule has 2 rings (SSSR count). The van der Waals surface area contributed by atoms with Crippen molar-refractivity contribution in [2.75, 3.05) is 13.1 Å². The van der Waals surface area contributed by atoms with Gasteiger partial charge in [-0.15, -0.1) is 0 Å². The SMILES string of the molecule is Cn1ncc(C(=O)O)c1CN1CC[C@H](N)C1. The van der Waals surface area contributed by atoms with Crippen molar-refractivity contribution in [3.63, 3.8) is 0 Å². The van der Waals surface area contributed by atoms with E-state index in [4.69, 9.17) is 10.8 Å². The first kappa shape index (κ1) is 11.1. The van der Waals surface area contributed by atoms with Gasteiger partial charge < -0.3 is 10.8 Å². The minimum Gasteiger partial charge on any atom is -0.478 e. The number of rotatable bonds is 3. The molecule has 0 spiro atoms. The molecule has 0 amide bonds. The predicted octanol–water partition coefficient (Wildman–Crippen LogP) is -0.349. The summed E-state index contributed by atoms with van der Waals surface area (Å²) in [5, 5.41) is 13.0. The maximum Gasteiger partial charge on any atom is 0.339 e. The van der Waals surface area contributed by atoms with Crippen molar-refractivity contribution in [1.82, 2.24) is 14.7 Å². The topological polar surface area (TPSA) is 84.4 Å². The van der Waals surface area contributed by atoms with Crippen LogP contribution in [0.2, 0.25) is 0 Å². The molecule has 6 heteroatoms. The second kappa shape index (κ2) is 4.23. The van der Waals surface area contributed by atoms with E-state index in [1.165, 1.54) is 6.20 Å². The Bertz CT molecular complexity index is 402. The smallest absolute Gasteiger partial charge is 0.339 e. The first-order valence-electron chi connectivity index (χ1n) is 5.30. The number of carboxylic acid groups (broad SMARTS) is 1. The average molecular weight is 224 g/mol. The maximum atomic E-state index is 11.0. The van der Waals surface area contributed by atoms with Crippen LogP contribution >= 0.6 is 0 Å². The molecule has 0 aromatic carbocycles. The third kappa shape index (κ3) is 2.07. The molecule has 0 aliphatic carbocycles. The summed E-state index contributed by atoms with van der Waals surface area (Å²) >= 11 is 0. The van der Waals surface area contributed by atoms with Gasteiger partial charge in [-0.1, -0.05) is 0 Å². The number of nitrogens with two attached hydrogens (primary N) is 1. The number of carboxylic acids is 1. The molecule has 2 heterocycles. The Labute approximate surface area is 93.6 Å². The lowest BCUT2D eigenvalue weighted by Gasteiger charge is -2.15. The Morgan fingerprint density at radius 3 is 3.06 bits per heavy atom. The van der Waals surface area contributed by atoms with Crippen LogP contribution in [0, 0.1) is 0 Å². The molecule has 1 saturated heterocycles. The van der Waals surface area contributed by atoms with Crippen LogP contribution in [0.15, 0.2) is 6.20 Å². The minimum atomic E-state index is -0.924. The van der Waals surface area contributed by atoms with Crippen molar-refractivity contribution < 1.29 is 9.90 Å². The fraction of sp³-hybridized carbons (Fsp3) is 0.600. The molecule has 6 nitrogen and oxygen atoms in total. The molecule has 1 aliphatic heterocycles. The lowest BCUT2D eigenvalue weighted by atomic mass is 10.2. The highest BCUT2D eigenvalue weighted by Crippen LogP contribution is 2.15. The van der Waals surface area contributed by atoms with Gasteiger partial charge in [-0.3, -0.25) is 9.58 Å². The van der Waals surface area contributed by atoms with Crippen LogP contribution in [-0.4, -0.2) is 44.9 Å². The van der Waals surface area contributed by atoms with Gasteiger partial charge in [0.1, 0.15) is 5.56 Å². The van der Waals surface area contributed by atoms with Crippen LogP contribution in [0.4, 0.5) is 0 Å². The first-order valence-corrected chi connectivity index (χ1v) is 5.30. The Morgan fingerprint density at radius 2 is 2.50 bits per heavy atom. The van der Waals surface area contributed by atoms with Gasteiger partial charge in [0.25, 0.3) is 0 Å². The molecule has 0 bridgehead atoms. The normalized spacial score (nSPS) is 21.5. The highest BCUT2D eigenvalue weighted by atomic mass is 16.4. The lowest BCUT2D eigenvalue weighted by molar-refractivity contribution is 0.0694. The molecule has 1 aromatic rings. The Hall–Kier alpha value is -1.40. The van der Waals surface area contributed by atoms with Crippen molar-refractivity contribution in [2.24, 2.45) is 12.8 Å². The summed E-state index contributed by atoms with van der Waals surface area (Å²) < 4.78 is 1.62. The van der Waals surface area contributed by atoms with E-state index in [0.717, 1.165) is 25.2 Å². The van der Waals surface area contributed by atoms with Gasteiger partial charge in [0.05, 0.1) is 11.9 Å². The Balaban J connectivity index is 2.14. The van der Waals surface area contributed by atoms with Crippen LogP contribution in [0.5, 0.6) is 0 Å². The maximum absolute atomic E-state index is 11.0. The molecule has 1 aromatic heterocycles. The van der Waals surface area contributed by atoms with Gasteiger partial charge in [-0.2, -0.15) is 5.10 Å². The zero-order valence-electron chi connectivity index (χ0n) is 9.26. The van der Waals surface area contributed by atoms with E-state index >= 15 is 0 Å². The second-order valence-electron chi connectivity index (χ2n) is 4.22. The second-order valence-corrected chi connectivity index (χ2v) is 4.22. The molecule has 16 heavy (non-hydrogen) atoms. The van der Waals surface area contributed by atoms with Crippen LogP contribution in [-0.2, 0) is 13.6 Å². The average Bonchev–Trinajstić information content (AvgIpc) is 2.76. The van der Waals surface area contributed by atoms with Gasteiger partial charge >= 0.3 is 5.97 Å². The number of likely N-dealkylation sites (tertiary alicyclic amines) is 1. The summed E-state index contributed by atoms with van der Waals surface area (Å²) in [5.41, 5.74) is 6.83. The van der Waals surface area contributed by atoms with Crippen LogP contribution in [0.25, 0.3) is 0 Å². The first-order chi connectivity index (χ1) is 7.58. The molecule has 0 saturated carbocycles. The van der Waals surface area contributed by atoms with Crippen LogP contribution in [0.1, 0.15) is 22.5 Å². The quantitative estimate of drug-likeness (QED) is 0.733. The zero-order chi connectivity index (χ0) is 11.7. The molecular weight excluding hydrogens is 208 g/mol. The van der Waals surface area contributed by atoms with E-state index in [2.05, 4.69) is 10.00 Å². The molecule has 88 valence electrons. The molecular formula is C10H16N4O2. The molecule has 1 fully saturated rings. The number of aromatic carboxylic acids is 1. The van der Waals surface area contributed by atoms with E-state index in [0.29, 0.717) is 6.54 Å². The fourth-order valence-electron chi connectivity index (χ4n) is 2.05. The number of nitrogens with zero attached hydrogens (tertiary/aromatic N) is 3. The number of aryl methyl sites for hydroxylation is 1. The Morgan fingerprint density at radius 1 is 1.75 bits per heavy atom. The zero-order valence-corrected chi connectivity index (χ0v) is 9.26. The fourth-order valence-corrected chi connectivity index (χ4v) is 2.05. The van der Waals surface area contributed by atoms with Crippen molar-refractivity contribution in [1.29, 1.82) is 0 Å². The van der Waals surface area contributed by atoms with Gasteiger partial charge in [-0.05, 0) is 6.42 Å². The minimum absolute atomic E-state index is 0.210. The number of aromatic nitrogens is 2.